The van der Waals surface area contributed by atoms with E-state index >= 15 is 0 Å². The number of hydrogen-bond donors (Lipinski definition) is 1. The van der Waals surface area contributed by atoms with Gasteiger partial charge in [0.05, 0.1) is 18.1 Å². The third kappa shape index (κ3) is 3.93. The highest BCUT2D eigenvalue weighted by Gasteiger charge is 2.34. The average molecular weight is 303 g/mol. The minimum Gasteiger partial charge on any atom is -0.338 e. The Labute approximate surface area is 121 Å². The molecule has 0 saturated carbocycles. The van der Waals surface area contributed by atoms with Crippen LogP contribution in [0.4, 0.5) is 0 Å². The summed E-state index contributed by atoms with van der Waals surface area (Å²) in [5.41, 5.74) is 5.92. The van der Waals surface area contributed by atoms with Crippen LogP contribution in [0, 0.1) is 0 Å². The Bertz CT molecular complexity index is 452. The van der Waals surface area contributed by atoms with Gasteiger partial charge in [0, 0.05) is 25.2 Å². The Morgan fingerprint density at radius 3 is 2.70 bits per heavy atom. The summed E-state index contributed by atoms with van der Waals surface area (Å²) in [4.78, 5) is 16.2. The van der Waals surface area contributed by atoms with Crippen LogP contribution in [-0.4, -0.2) is 73.9 Å². The van der Waals surface area contributed by atoms with E-state index in [1.165, 1.54) is 0 Å². The van der Waals surface area contributed by atoms with Gasteiger partial charge in [0.1, 0.15) is 0 Å². The van der Waals surface area contributed by atoms with Crippen molar-refractivity contribution < 1.29 is 13.2 Å². The maximum Gasteiger partial charge on any atom is 0.237 e. The summed E-state index contributed by atoms with van der Waals surface area (Å²) < 4.78 is 23.1. The molecule has 1 amide bonds. The van der Waals surface area contributed by atoms with Crippen molar-refractivity contribution in [3.8, 4) is 0 Å². The second-order valence-corrected chi connectivity index (χ2v) is 8.10. The van der Waals surface area contributed by atoms with E-state index in [0.29, 0.717) is 19.5 Å². The zero-order valence-electron chi connectivity index (χ0n) is 12.1. The maximum absolute atomic E-state index is 12.4. The molecule has 0 aromatic heterocycles. The Kier molecular flexibility index (Phi) is 5.04. The van der Waals surface area contributed by atoms with Crippen molar-refractivity contribution in [2.75, 3.05) is 37.7 Å². The number of carbonyl (C=O) groups is 1. The number of likely N-dealkylation sites (N-methyl/N-ethyl adjacent to an activating group) is 1. The second-order valence-electron chi connectivity index (χ2n) is 5.87. The minimum atomic E-state index is -2.95. The van der Waals surface area contributed by atoms with Gasteiger partial charge in [0.25, 0.3) is 0 Å². The molecular weight excluding hydrogens is 278 g/mol. The fraction of sp³-hybridized carbons (Fsp3) is 0.923. The third-order valence-corrected chi connectivity index (χ3v) is 5.96. The topological polar surface area (TPSA) is 83.7 Å². The number of nitrogens with zero attached hydrogens (tertiary/aromatic N) is 2. The van der Waals surface area contributed by atoms with Gasteiger partial charge in [-0.2, -0.15) is 0 Å². The van der Waals surface area contributed by atoms with E-state index in [1.807, 2.05) is 6.92 Å². The van der Waals surface area contributed by atoms with Gasteiger partial charge in [-0.05, 0) is 32.7 Å². The Morgan fingerprint density at radius 1 is 1.40 bits per heavy atom. The lowest BCUT2D eigenvalue weighted by Crippen LogP contribution is -2.50. The van der Waals surface area contributed by atoms with Crippen molar-refractivity contribution in [2.45, 2.75) is 38.3 Å². The predicted molar refractivity (Wildman–Crippen MR) is 78.1 cm³/mol. The molecule has 2 atom stereocenters. The van der Waals surface area contributed by atoms with Crippen LogP contribution in [0.25, 0.3) is 0 Å². The largest absolute Gasteiger partial charge is 0.338 e. The molecule has 2 fully saturated rings. The van der Waals surface area contributed by atoms with Gasteiger partial charge in [-0.25, -0.2) is 8.42 Å². The van der Waals surface area contributed by atoms with E-state index in [1.54, 1.807) is 4.90 Å². The number of nitrogens with two attached hydrogens (primary N) is 1. The molecule has 0 spiro atoms. The highest BCUT2D eigenvalue weighted by Crippen LogP contribution is 2.18. The van der Waals surface area contributed by atoms with Crippen molar-refractivity contribution in [1.82, 2.24) is 9.80 Å². The lowest BCUT2D eigenvalue weighted by Gasteiger charge is -2.33. The molecule has 0 radical (unpaired) electrons. The molecule has 1 unspecified atom stereocenters. The molecule has 0 aliphatic carbocycles. The molecule has 2 N–H and O–H groups in total. The van der Waals surface area contributed by atoms with Crippen LogP contribution in [-0.2, 0) is 14.6 Å². The lowest BCUT2D eigenvalue weighted by atomic mass is 10.1. The van der Waals surface area contributed by atoms with E-state index in [0.717, 1.165) is 25.9 Å². The van der Waals surface area contributed by atoms with Crippen LogP contribution >= 0.6 is 0 Å². The third-order valence-electron chi connectivity index (χ3n) is 4.21. The summed E-state index contributed by atoms with van der Waals surface area (Å²) >= 11 is 0. The zero-order chi connectivity index (χ0) is 14.8. The van der Waals surface area contributed by atoms with Crippen LogP contribution in [0.1, 0.15) is 26.2 Å². The summed E-state index contributed by atoms with van der Waals surface area (Å²) in [5, 5.41) is 0. The number of sulfone groups is 1. The summed E-state index contributed by atoms with van der Waals surface area (Å²) in [6.07, 6.45) is 2.61. The van der Waals surface area contributed by atoms with Crippen LogP contribution in [0.5, 0.6) is 0 Å². The second kappa shape index (κ2) is 6.41. The number of carbonyl (C=O) groups excluding carboxylic acids is 1. The van der Waals surface area contributed by atoms with E-state index in [2.05, 4.69) is 4.90 Å². The summed E-state index contributed by atoms with van der Waals surface area (Å²) in [6.45, 7) is 4.49. The molecule has 6 nitrogen and oxygen atoms in total. The average Bonchev–Trinajstić information content (AvgIpc) is 2.70. The van der Waals surface area contributed by atoms with Crippen LogP contribution in [0.15, 0.2) is 0 Å². The summed E-state index contributed by atoms with van der Waals surface area (Å²) in [5.74, 6) is 0.353. The SMILES string of the molecule is CCN(C(=O)CN1CCC[C@@H](N)C1)C1CCS(=O)(=O)C1. The van der Waals surface area contributed by atoms with Gasteiger partial charge in [-0.1, -0.05) is 0 Å². The van der Waals surface area contributed by atoms with Crippen LogP contribution < -0.4 is 5.73 Å². The molecule has 2 rings (SSSR count). The standard InChI is InChI=1S/C13H25N3O3S/c1-2-16(12-5-7-20(18,19)10-12)13(17)9-15-6-3-4-11(14)8-15/h11-12H,2-10,14H2,1H3/t11-,12?/m1/s1. The summed E-state index contributed by atoms with van der Waals surface area (Å²) in [6, 6.07) is 0.00875. The maximum atomic E-state index is 12.4. The molecular formula is C13H25N3O3S. The number of hydrogen-bond acceptors (Lipinski definition) is 5. The Hall–Kier alpha value is -0.660. The molecule has 2 aliphatic heterocycles. The number of piperidine rings is 1. The monoisotopic (exact) mass is 303 g/mol. The minimum absolute atomic E-state index is 0.0312. The predicted octanol–water partition coefficient (Wildman–Crippen LogP) is -0.555. The molecule has 116 valence electrons. The van der Waals surface area contributed by atoms with Crippen LogP contribution in [0.3, 0.4) is 0 Å². The molecule has 7 heteroatoms. The van der Waals surface area contributed by atoms with Gasteiger partial charge in [-0.15, -0.1) is 0 Å². The molecule has 2 saturated heterocycles. The number of likely N-dealkylation sites (tertiary alicyclic amines) is 1. The molecule has 0 bridgehead atoms. The van der Waals surface area contributed by atoms with Gasteiger partial charge < -0.3 is 10.6 Å². The Morgan fingerprint density at radius 2 is 2.15 bits per heavy atom. The molecule has 20 heavy (non-hydrogen) atoms. The van der Waals surface area contributed by atoms with Gasteiger partial charge in [0.15, 0.2) is 9.84 Å². The Balaban J connectivity index is 1.92. The zero-order valence-corrected chi connectivity index (χ0v) is 12.9. The van der Waals surface area contributed by atoms with Gasteiger partial charge >= 0.3 is 0 Å². The fourth-order valence-electron chi connectivity index (χ4n) is 3.18. The normalized spacial score (nSPS) is 30.3. The first-order chi connectivity index (χ1) is 9.41. The molecule has 2 aliphatic rings. The first kappa shape index (κ1) is 15.7. The van der Waals surface area contributed by atoms with Crippen molar-refractivity contribution in [1.29, 1.82) is 0 Å². The number of amides is 1. The fourth-order valence-corrected chi connectivity index (χ4v) is 4.91. The van der Waals surface area contributed by atoms with Crippen molar-refractivity contribution in [2.24, 2.45) is 5.73 Å². The highest BCUT2D eigenvalue weighted by molar-refractivity contribution is 7.91. The van der Waals surface area contributed by atoms with E-state index < -0.39 is 9.84 Å². The molecule has 2 heterocycles. The van der Waals surface area contributed by atoms with Crippen molar-refractivity contribution in [3.63, 3.8) is 0 Å². The van der Waals surface area contributed by atoms with E-state index in [-0.39, 0.29) is 29.5 Å². The summed E-state index contributed by atoms with van der Waals surface area (Å²) in [7, 11) is -2.95. The first-order valence-corrected chi connectivity index (χ1v) is 9.21. The lowest BCUT2D eigenvalue weighted by molar-refractivity contribution is -0.134. The smallest absolute Gasteiger partial charge is 0.237 e. The molecule has 0 aromatic carbocycles. The first-order valence-electron chi connectivity index (χ1n) is 7.39. The van der Waals surface area contributed by atoms with E-state index in [9.17, 15) is 13.2 Å². The van der Waals surface area contributed by atoms with Crippen molar-refractivity contribution in [3.05, 3.63) is 0 Å². The highest BCUT2D eigenvalue weighted by atomic mass is 32.2. The molecule has 0 aromatic rings. The van der Waals surface area contributed by atoms with Crippen molar-refractivity contribution >= 4 is 15.7 Å². The van der Waals surface area contributed by atoms with E-state index in [4.69, 9.17) is 5.73 Å². The van der Waals surface area contributed by atoms with Gasteiger partial charge in [0.2, 0.25) is 5.91 Å². The van der Waals surface area contributed by atoms with Gasteiger partial charge in [-0.3, -0.25) is 9.69 Å². The van der Waals surface area contributed by atoms with Crippen LogP contribution in [0.2, 0.25) is 0 Å². The number of rotatable bonds is 4. The quantitative estimate of drug-likeness (QED) is 0.753.